The number of aliphatic hydroxyl groups excluding tert-OH is 1. The Balaban J connectivity index is 1.90. The summed E-state index contributed by atoms with van der Waals surface area (Å²) in [6.07, 6.45) is 3.84. The maximum Gasteiger partial charge on any atom is 0.125 e. The fourth-order valence-electron chi connectivity index (χ4n) is 2.53. The van der Waals surface area contributed by atoms with Crippen molar-refractivity contribution in [2.24, 2.45) is 5.92 Å². The summed E-state index contributed by atoms with van der Waals surface area (Å²) < 4.78 is 13.1. The predicted molar refractivity (Wildman–Crippen MR) is 67.6 cm³/mol. The Kier molecular flexibility index (Phi) is 4.00. The first-order valence-electron chi connectivity index (χ1n) is 6.30. The van der Waals surface area contributed by atoms with Crippen LogP contribution in [0.5, 0.6) is 0 Å². The molecule has 17 heavy (non-hydrogen) atoms. The second-order valence-electron chi connectivity index (χ2n) is 5.03. The average Bonchev–Trinajstić information content (AvgIpc) is 2.32. The van der Waals surface area contributed by atoms with Crippen LogP contribution in [0.4, 0.5) is 10.1 Å². The zero-order valence-electron chi connectivity index (χ0n) is 10.3. The first-order valence-corrected chi connectivity index (χ1v) is 6.30. The van der Waals surface area contributed by atoms with Crippen molar-refractivity contribution in [3.05, 3.63) is 30.1 Å². The molecular weight excluding hydrogens is 217 g/mol. The van der Waals surface area contributed by atoms with E-state index in [0.717, 1.165) is 37.9 Å². The molecule has 0 saturated heterocycles. The molecule has 2 nitrogen and oxygen atoms in total. The van der Waals surface area contributed by atoms with Crippen molar-refractivity contribution in [3.63, 3.8) is 0 Å². The van der Waals surface area contributed by atoms with Crippen LogP contribution in [0, 0.1) is 11.7 Å². The van der Waals surface area contributed by atoms with Gasteiger partial charge >= 0.3 is 0 Å². The van der Waals surface area contributed by atoms with Crippen LogP contribution in [-0.4, -0.2) is 24.8 Å². The molecule has 94 valence electrons. The van der Waals surface area contributed by atoms with E-state index in [1.54, 1.807) is 12.1 Å². The molecule has 2 rings (SSSR count). The lowest BCUT2D eigenvalue weighted by molar-refractivity contribution is 0.110. The molecule has 0 aromatic heterocycles. The molecule has 3 heteroatoms. The van der Waals surface area contributed by atoms with Crippen molar-refractivity contribution in [3.8, 4) is 0 Å². The summed E-state index contributed by atoms with van der Waals surface area (Å²) in [6.45, 7) is 0.941. The predicted octanol–water partition coefficient (Wildman–Crippen LogP) is 2.81. The lowest BCUT2D eigenvalue weighted by Crippen LogP contribution is -2.29. The number of aliphatic hydroxyl groups is 1. The summed E-state index contributed by atoms with van der Waals surface area (Å²) in [4.78, 5) is 2.10. The summed E-state index contributed by atoms with van der Waals surface area (Å²) in [5, 5.41) is 9.45. The van der Waals surface area contributed by atoms with Crippen LogP contribution in [0.2, 0.25) is 0 Å². The Hall–Kier alpha value is -1.09. The largest absolute Gasteiger partial charge is 0.393 e. The fraction of sp³-hybridized carbons (Fsp3) is 0.571. The third-order valence-corrected chi connectivity index (χ3v) is 3.60. The summed E-state index contributed by atoms with van der Waals surface area (Å²) in [7, 11) is 2.00. The van der Waals surface area contributed by atoms with Crippen LogP contribution in [0.25, 0.3) is 0 Å². The van der Waals surface area contributed by atoms with Crippen molar-refractivity contribution < 1.29 is 9.50 Å². The Morgan fingerprint density at radius 2 is 2.00 bits per heavy atom. The maximum absolute atomic E-state index is 13.1. The first kappa shape index (κ1) is 12.4. The standard InChI is InChI=1S/C14H20FNO/c1-16(13-4-2-3-12(15)9-13)10-11-5-7-14(17)8-6-11/h2-4,9,11,14,17H,5-8,10H2,1H3. The third kappa shape index (κ3) is 3.43. The zero-order valence-corrected chi connectivity index (χ0v) is 10.3. The van der Waals surface area contributed by atoms with E-state index in [0.29, 0.717) is 5.92 Å². The Bertz CT molecular complexity index is 361. The second-order valence-corrected chi connectivity index (χ2v) is 5.03. The van der Waals surface area contributed by atoms with E-state index in [2.05, 4.69) is 4.90 Å². The minimum absolute atomic E-state index is 0.106. The van der Waals surface area contributed by atoms with Crippen molar-refractivity contribution >= 4 is 5.69 Å². The first-order chi connectivity index (χ1) is 8.15. The molecule has 1 aliphatic rings. The highest BCUT2D eigenvalue weighted by atomic mass is 19.1. The van der Waals surface area contributed by atoms with Gasteiger partial charge in [0.1, 0.15) is 5.82 Å². The molecule has 0 bridgehead atoms. The summed E-state index contributed by atoms with van der Waals surface area (Å²) >= 11 is 0. The van der Waals surface area contributed by atoms with Crippen LogP contribution >= 0.6 is 0 Å². The van der Waals surface area contributed by atoms with Gasteiger partial charge in [0.05, 0.1) is 6.10 Å². The van der Waals surface area contributed by atoms with Gasteiger partial charge in [-0.25, -0.2) is 4.39 Å². The Labute approximate surface area is 102 Å². The minimum atomic E-state index is -0.187. The molecule has 1 aromatic carbocycles. The van der Waals surface area contributed by atoms with E-state index in [1.807, 2.05) is 13.1 Å². The van der Waals surface area contributed by atoms with Gasteiger partial charge in [-0.15, -0.1) is 0 Å². The molecule has 0 unspecified atom stereocenters. The molecule has 1 saturated carbocycles. The highest BCUT2D eigenvalue weighted by Crippen LogP contribution is 2.26. The maximum atomic E-state index is 13.1. The number of hydrogen-bond donors (Lipinski definition) is 1. The topological polar surface area (TPSA) is 23.5 Å². The zero-order chi connectivity index (χ0) is 12.3. The van der Waals surface area contributed by atoms with Gasteiger partial charge in [0.2, 0.25) is 0 Å². The fourth-order valence-corrected chi connectivity index (χ4v) is 2.53. The van der Waals surface area contributed by atoms with Gasteiger partial charge in [-0.2, -0.15) is 0 Å². The molecule has 1 fully saturated rings. The second kappa shape index (κ2) is 5.50. The monoisotopic (exact) mass is 237 g/mol. The minimum Gasteiger partial charge on any atom is -0.393 e. The number of hydrogen-bond acceptors (Lipinski definition) is 2. The number of benzene rings is 1. The van der Waals surface area contributed by atoms with Crippen LogP contribution in [-0.2, 0) is 0 Å². The summed E-state index contributed by atoms with van der Waals surface area (Å²) in [5.74, 6) is 0.431. The highest BCUT2D eigenvalue weighted by Gasteiger charge is 2.20. The van der Waals surface area contributed by atoms with E-state index in [1.165, 1.54) is 6.07 Å². The third-order valence-electron chi connectivity index (χ3n) is 3.60. The Morgan fingerprint density at radius 1 is 1.29 bits per heavy atom. The molecule has 0 spiro atoms. The van der Waals surface area contributed by atoms with Gasteiger partial charge in [0.15, 0.2) is 0 Å². The van der Waals surface area contributed by atoms with Gasteiger partial charge in [0.25, 0.3) is 0 Å². The van der Waals surface area contributed by atoms with Gasteiger partial charge in [-0.1, -0.05) is 6.07 Å². The van der Waals surface area contributed by atoms with Gasteiger partial charge in [-0.3, -0.25) is 0 Å². The lowest BCUT2D eigenvalue weighted by atomic mass is 9.87. The smallest absolute Gasteiger partial charge is 0.125 e. The van der Waals surface area contributed by atoms with Crippen LogP contribution < -0.4 is 4.90 Å². The lowest BCUT2D eigenvalue weighted by Gasteiger charge is -2.30. The van der Waals surface area contributed by atoms with E-state index >= 15 is 0 Å². The molecule has 0 atom stereocenters. The SMILES string of the molecule is CN(CC1CCC(O)CC1)c1cccc(F)c1. The number of rotatable bonds is 3. The molecule has 0 radical (unpaired) electrons. The molecule has 0 heterocycles. The van der Waals surface area contributed by atoms with Gasteiger partial charge in [0, 0.05) is 19.3 Å². The summed E-state index contributed by atoms with van der Waals surface area (Å²) in [5.41, 5.74) is 0.927. The van der Waals surface area contributed by atoms with Gasteiger partial charge in [-0.05, 0) is 49.8 Å². The van der Waals surface area contributed by atoms with E-state index in [4.69, 9.17) is 0 Å². The average molecular weight is 237 g/mol. The normalized spacial score (nSPS) is 24.6. The van der Waals surface area contributed by atoms with E-state index in [9.17, 15) is 9.50 Å². The molecular formula is C14H20FNO. The van der Waals surface area contributed by atoms with Crippen LogP contribution in [0.1, 0.15) is 25.7 Å². The van der Waals surface area contributed by atoms with Crippen LogP contribution in [0.3, 0.4) is 0 Å². The van der Waals surface area contributed by atoms with Gasteiger partial charge < -0.3 is 10.0 Å². The number of nitrogens with zero attached hydrogens (tertiary/aromatic N) is 1. The van der Waals surface area contributed by atoms with Crippen LogP contribution in [0.15, 0.2) is 24.3 Å². The molecule has 0 amide bonds. The quantitative estimate of drug-likeness (QED) is 0.873. The van der Waals surface area contributed by atoms with Crippen molar-refractivity contribution in [2.45, 2.75) is 31.8 Å². The molecule has 0 aliphatic heterocycles. The van der Waals surface area contributed by atoms with E-state index < -0.39 is 0 Å². The Morgan fingerprint density at radius 3 is 2.65 bits per heavy atom. The molecule has 1 aliphatic carbocycles. The molecule has 1 N–H and O–H groups in total. The molecule has 1 aromatic rings. The number of halogens is 1. The summed E-state index contributed by atoms with van der Waals surface area (Å²) in [6, 6.07) is 6.71. The van der Waals surface area contributed by atoms with Crippen molar-refractivity contribution in [1.82, 2.24) is 0 Å². The number of anilines is 1. The van der Waals surface area contributed by atoms with Crippen molar-refractivity contribution in [2.75, 3.05) is 18.5 Å². The highest BCUT2D eigenvalue weighted by molar-refractivity contribution is 5.45. The van der Waals surface area contributed by atoms with E-state index in [-0.39, 0.29) is 11.9 Å². The van der Waals surface area contributed by atoms with Crippen molar-refractivity contribution in [1.29, 1.82) is 0 Å².